The molecular weight excluding hydrogens is 304 g/mol. The lowest BCUT2D eigenvalue weighted by Gasteiger charge is -2.11. The maximum absolute atomic E-state index is 6.03. The molecule has 0 fully saturated rings. The van der Waals surface area contributed by atoms with Crippen molar-refractivity contribution in [2.45, 2.75) is 17.3 Å². The number of benzene rings is 2. The van der Waals surface area contributed by atoms with Gasteiger partial charge in [0.05, 0.1) is 5.69 Å². The molecule has 0 amide bonds. The van der Waals surface area contributed by atoms with Crippen molar-refractivity contribution in [1.29, 1.82) is 0 Å². The molecule has 0 bridgehead atoms. The van der Waals surface area contributed by atoms with Gasteiger partial charge in [-0.2, -0.15) is 4.68 Å². The third kappa shape index (κ3) is 3.25. The smallest absolute Gasteiger partial charge is 0.187 e. The van der Waals surface area contributed by atoms with Gasteiger partial charge in [-0.05, 0) is 41.1 Å². The first kappa shape index (κ1) is 14.1. The van der Waals surface area contributed by atoms with Crippen molar-refractivity contribution >= 4 is 23.4 Å². The van der Waals surface area contributed by atoms with Crippen molar-refractivity contribution in [2.24, 2.45) is 0 Å². The summed E-state index contributed by atoms with van der Waals surface area (Å²) in [7, 11) is 0. The highest BCUT2D eigenvalue weighted by molar-refractivity contribution is 7.99. The van der Waals surface area contributed by atoms with Gasteiger partial charge in [0.1, 0.15) is 0 Å². The second-order valence-electron chi connectivity index (χ2n) is 4.52. The maximum Gasteiger partial charge on any atom is 0.214 e. The lowest BCUT2D eigenvalue weighted by molar-refractivity contribution is 0.755. The average Bonchev–Trinajstić information content (AvgIpc) is 2.96. The van der Waals surface area contributed by atoms with Gasteiger partial charge in [0.15, 0.2) is 0 Å². The Balaban J connectivity index is 1.86. The van der Waals surface area contributed by atoms with E-state index in [1.807, 2.05) is 42.5 Å². The lowest BCUT2D eigenvalue weighted by atomic mass is 10.2. The summed E-state index contributed by atoms with van der Waals surface area (Å²) in [6.07, 6.45) is 0. The molecule has 0 saturated heterocycles. The van der Waals surface area contributed by atoms with Crippen LogP contribution in [0, 0.1) is 0 Å². The molecule has 1 heterocycles. The Morgan fingerprint density at radius 3 is 2.67 bits per heavy atom. The summed E-state index contributed by atoms with van der Waals surface area (Å²) in [5.74, 6) is 0. The van der Waals surface area contributed by atoms with Gasteiger partial charge in [-0.25, -0.2) is 0 Å². The first-order valence-corrected chi connectivity index (χ1v) is 7.76. The number of halogens is 1. The molecule has 21 heavy (non-hydrogen) atoms. The van der Waals surface area contributed by atoms with Crippen LogP contribution in [-0.2, 0) is 0 Å². The summed E-state index contributed by atoms with van der Waals surface area (Å²) in [6.45, 7) is 2.14. The number of thioether (sulfide) groups is 1. The Morgan fingerprint density at radius 2 is 1.90 bits per heavy atom. The van der Waals surface area contributed by atoms with Crippen molar-refractivity contribution in [2.75, 3.05) is 0 Å². The molecule has 3 rings (SSSR count). The van der Waals surface area contributed by atoms with Gasteiger partial charge in [-0.15, -0.1) is 5.10 Å². The van der Waals surface area contributed by atoms with Gasteiger partial charge in [-0.1, -0.05) is 59.8 Å². The van der Waals surface area contributed by atoms with Crippen LogP contribution in [0.2, 0.25) is 5.02 Å². The third-order valence-corrected chi connectivity index (χ3v) is 4.37. The van der Waals surface area contributed by atoms with E-state index < -0.39 is 0 Å². The summed E-state index contributed by atoms with van der Waals surface area (Å²) in [4.78, 5) is 0. The molecule has 0 N–H and O–H groups in total. The normalized spacial score (nSPS) is 12.3. The average molecular weight is 317 g/mol. The largest absolute Gasteiger partial charge is 0.214 e. The summed E-state index contributed by atoms with van der Waals surface area (Å²) in [6, 6.07) is 17.8. The highest BCUT2D eigenvalue weighted by atomic mass is 35.5. The summed E-state index contributed by atoms with van der Waals surface area (Å²) in [5, 5.41) is 13.6. The lowest BCUT2D eigenvalue weighted by Crippen LogP contribution is -2.00. The molecule has 0 radical (unpaired) electrons. The van der Waals surface area contributed by atoms with E-state index in [1.165, 1.54) is 5.56 Å². The molecule has 1 aromatic heterocycles. The number of hydrogen-bond acceptors (Lipinski definition) is 4. The van der Waals surface area contributed by atoms with Crippen molar-refractivity contribution in [3.63, 3.8) is 0 Å². The molecular formula is C15H13ClN4S. The van der Waals surface area contributed by atoms with Crippen molar-refractivity contribution < 1.29 is 0 Å². The Morgan fingerprint density at radius 1 is 1.10 bits per heavy atom. The quantitative estimate of drug-likeness (QED) is 0.678. The van der Waals surface area contributed by atoms with Gasteiger partial charge >= 0.3 is 0 Å². The fourth-order valence-corrected chi connectivity index (χ4v) is 3.09. The number of aromatic nitrogens is 4. The van der Waals surface area contributed by atoms with Gasteiger partial charge in [0, 0.05) is 10.3 Å². The van der Waals surface area contributed by atoms with E-state index in [4.69, 9.17) is 11.6 Å². The summed E-state index contributed by atoms with van der Waals surface area (Å²) in [5.41, 5.74) is 2.10. The molecule has 0 saturated carbocycles. The predicted molar refractivity (Wildman–Crippen MR) is 84.9 cm³/mol. The topological polar surface area (TPSA) is 43.6 Å². The monoisotopic (exact) mass is 316 g/mol. The van der Waals surface area contributed by atoms with Gasteiger partial charge < -0.3 is 0 Å². The second kappa shape index (κ2) is 6.28. The van der Waals surface area contributed by atoms with E-state index in [9.17, 15) is 0 Å². The van der Waals surface area contributed by atoms with E-state index in [1.54, 1.807) is 16.4 Å². The molecule has 0 spiro atoms. The van der Waals surface area contributed by atoms with Gasteiger partial charge in [0.2, 0.25) is 5.16 Å². The molecule has 1 atom stereocenters. The van der Waals surface area contributed by atoms with Crippen LogP contribution in [0.25, 0.3) is 5.69 Å². The van der Waals surface area contributed by atoms with Crippen molar-refractivity contribution in [1.82, 2.24) is 20.2 Å². The fraction of sp³-hybridized carbons (Fsp3) is 0.133. The molecule has 0 aliphatic rings. The first-order chi connectivity index (χ1) is 10.2. The molecule has 106 valence electrons. The van der Waals surface area contributed by atoms with E-state index in [-0.39, 0.29) is 5.25 Å². The van der Waals surface area contributed by atoms with Crippen molar-refractivity contribution in [3.05, 3.63) is 65.2 Å². The zero-order chi connectivity index (χ0) is 14.7. The Labute approximate surface area is 132 Å². The summed E-state index contributed by atoms with van der Waals surface area (Å²) >= 11 is 7.64. The number of hydrogen-bond donors (Lipinski definition) is 0. The van der Waals surface area contributed by atoms with Crippen LogP contribution in [0.1, 0.15) is 17.7 Å². The Kier molecular flexibility index (Phi) is 4.22. The fourth-order valence-electron chi connectivity index (χ4n) is 1.97. The number of nitrogens with zero attached hydrogens (tertiary/aromatic N) is 4. The second-order valence-corrected chi connectivity index (χ2v) is 6.27. The SMILES string of the molecule is C[C@H](Sc1nnnn1-c1cccc(Cl)c1)c1ccccc1. The van der Waals surface area contributed by atoms with Crippen LogP contribution < -0.4 is 0 Å². The van der Waals surface area contributed by atoms with Crippen LogP contribution in [0.5, 0.6) is 0 Å². The van der Waals surface area contributed by atoms with Crippen LogP contribution in [0.3, 0.4) is 0 Å². The Bertz CT molecular complexity index is 729. The van der Waals surface area contributed by atoms with E-state index in [0.717, 1.165) is 10.8 Å². The van der Waals surface area contributed by atoms with Gasteiger partial charge in [0.25, 0.3) is 0 Å². The minimum Gasteiger partial charge on any atom is -0.187 e. The molecule has 0 unspecified atom stereocenters. The van der Waals surface area contributed by atoms with Crippen LogP contribution in [0.4, 0.5) is 0 Å². The van der Waals surface area contributed by atoms with Crippen LogP contribution >= 0.6 is 23.4 Å². The molecule has 4 nitrogen and oxygen atoms in total. The first-order valence-electron chi connectivity index (χ1n) is 6.50. The molecule has 0 aliphatic heterocycles. The van der Waals surface area contributed by atoms with Crippen LogP contribution in [-0.4, -0.2) is 20.2 Å². The highest BCUT2D eigenvalue weighted by Gasteiger charge is 2.14. The maximum atomic E-state index is 6.03. The van der Waals surface area contributed by atoms with Gasteiger partial charge in [-0.3, -0.25) is 0 Å². The summed E-state index contributed by atoms with van der Waals surface area (Å²) < 4.78 is 1.70. The molecule has 6 heteroatoms. The zero-order valence-electron chi connectivity index (χ0n) is 11.3. The van der Waals surface area contributed by atoms with E-state index in [2.05, 4.69) is 34.6 Å². The van der Waals surface area contributed by atoms with Crippen LogP contribution in [0.15, 0.2) is 59.8 Å². The highest BCUT2D eigenvalue weighted by Crippen LogP contribution is 2.33. The molecule has 3 aromatic rings. The molecule has 2 aromatic carbocycles. The zero-order valence-corrected chi connectivity index (χ0v) is 12.9. The predicted octanol–water partition coefficient (Wildman–Crippen LogP) is 4.17. The third-order valence-electron chi connectivity index (χ3n) is 3.04. The van der Waals surface area contributed by atoms with E-state index >= 15 is 0 Å². The minimum atomic E-state index is 0.259. The minimum absolute atomic E-state index is 0.259. The van der Waals surface area contributed by atoms with Crippen molar-refractivity contribution in [3.8, 4) is 5.69 Å². The number of tetrazole rings is 1. The number of rotatable bonds is 4. The molecule has 0 aliphatic carbocycles. The Hall–Kier alpha value is -1.85. The standard InChI is InChI=1S/C15H13ClN4S/c1-11(12-6-3-2-4-7-12)21-15-17-18-19-20(15)14-9-5-8-13(16)10-14/h2-11H,1H3/t11-/m0/s1. The van der Waals surface area contributed by atoms with E-state index in [0.29, 0.717) is 5.02 Å².